The third-order valence-electron chi connectivity index (χ3n) is 3.44. The van der Waals surface area contributed by atoms with Crippen LogP contribution in [0.3, 0.4) is 0 Å². The molecule has 0 atom stereocenters. The zero-order valence-corrected chi connectivity index (χ0v) is 16.6. The first-order chi connectivity index (χ1) is 9.81. The van der Waals surface area contributed by atoms with Crippen LogP contribution in [0.5, 0.6) is 0 Å². The molecule has 1 aromatic rings. The Balaban J connectivity index is 0. The Hall–Kier alpha value is 0.180. The zero-order valence-electron chi connectivity index (χ0n) is 14.6. The Morgan fingerprint density at radius 1 is 0.714 bits per heavy atom. The molecule has 2 heteroatoms. The SMILES string of the molecule is CCCCCCCCCCCC[O-].Cc1ccccc1.[Na+]. The summed E-state index contributed by atoms with van der Waals surface area (Å²) in [7, 11) is 0. The molecular formula is C19H33NaO. The van der Waals surface area contributed by atoms with Crippen LogP contribution in [0.15, 0.2) is 30.3 Å². The van der Waals surface area contributed by atoms with E-state index in [1.165, 1.54) is 56.9 Å². The molecule has 0 aliphatic carbocycles. The number of hydrogen-bond acceptors (Lipinski definition) is 1. The van der Waals surface area contributed by atoms with Gasteiger partial charge >= 0.3 is 29.6 Å². The van der Waals surface area contributed by atoms with E-state index in [2.05, 4.69) is 26.0 Å². The van der Waals surface area contributed by atoms with Crippen LogP contribution in [0.1, 0.15) is 76.7 Å². The summed E-state index contributed by atoms with van der Waals surface area (Å²) in [5.41, 5.74) is 1.32. The van der Waals surface area contributed by atoms with E-state index < -0.39 is 0 Å². The van der Waals surface area contributed by atoms with E-state index in [-0.39, 0.29) is 36.2 Å². The van der Waals surface area contributed by atoms with Crippen LogP contribution in [-0.4, -0.2) is 6.61 Å². The van der Waals surface area contributed by atoms with E-state index >= 15 is 0 Å². The molecule has 0 amide bonds. The monoisotopic (exact) mass is 300 g/mol. The minimum atomic E-state index is 0. The molecule has 0 aromatic heterocycles. The minimum Gasteiger partial charge on any atom is -0.854 e. The minimum absolute atomic E-state index is 0. The molecule has 0 aliphatic rings. The maximum atomic E-state index is 10.1. The molecule has 0 saturated heterocycles. The van der Waals surface area contributed by atoms with Crippen molar-refractivity contribution in [3.63, 3.8) is 0 Å². The molecule has 0 heterocycles. The molecule has 0 bridgehead atoms. The molecule has 116 valence electrons. The van der Waals surface area contributed by atoms with Crippen LogP contribution >= 0.6 is 0 Å². The molecule has 0 unspecified atom stereocenters. The summed E-state index contributed by atoms with van der Waals surface area (Å²) in [4.78, 5) is 0. The van der Waals surface area contributed by atoms with Crippen molar-refractivity contribution in [3.05, 3.63) is 35.9 Å². The topological polar surface area (TPSA) is 23.1 Å². The second-order valence-corrected chi connectivity index (χ2v) is 5.54. The quantitative estimate of drug-likeness (QED) is 0.480. The number of rotatable bonds is 10. The fourth-order valence-corrected chi connectivity index (χ4v) is 2.12. The van der Waals surface area contributed by atoms with Gasteiger partial charge in [-0.1, -0.05) is 107 Å². The van der Waals surface area contributed by atoms with Crippen LogP contribution in [-0.2, 0) is 0 Å². The first-order valence-electron chi connectivity index (χ1n) is 8.41. The number of hydrogen-bond donors (Lipinski definition) is 0. The summed E-state index contributed by atoms with van der Waals surface area (Å²) in [5, 5.41) is 10.1. The molecule has 21 heavy (non-hydrogen) atoms. The average Bonchev–Trinajstić information content (AvgIpc) is 2.47. The molecule has 0 aliphatic heterocycles. The maximum absolute atomic E-state index is 10.1. The Morgan fingerprint density at radius 2 is 1.14 bits per heavy atom. The summed E-state index contributed by atoms with van der Waals surface area (Å²) in [6.45, 7) is 4.46. The molecule has 0 radical (unpaired) electrons. The fraction of sp³-hybridized carbons (Fsp3) is 0.684. The van der Waals surface area contributed by atoms with E-state index in [0.717, 1.165) is 12.8 Å². The molecule has 0 spiro atoms. The van der Waals surface area contributed by atoms with Crippen molar-refractivity contribution in [2.45, 2.75) is 78.1 Å². The Kier molecular flexibility index (Phi) is 22.5. The largest absolute Gasteiger partial charge is 1.00 e. The van der Waals surface area contributed by atoms with E-state index in [0.29, 0.717) is 0 Å². The van der Waals surface area contributed by atoms with Crippen molar-refractivity contribution >= 4 is 0 Å². The smallest absolute Gasteiger partial charge is 0.854 e. The van der Waals surface area contributed by atoms with Gasteiger partial charge in [-0.2, -0.15) is 0 Å². The third-order valence-corrected chi connectivity index (χ3v) is 3.44. The van der Waals surface area contributed by atoms with Gasteiger partial charge in [-0.25, -0.2) is 0 Å². The Morgan fingerprint density at radius 3 is 1.48 bits per heavy atom. The Bertz CT molecular complexity index is 264. The van der Waals surface area contributed by atoms with E-state index in [1.807, 2.05) is 18.2 Å². The van der Waals surface area contributed by atoms with Crippen molar-refractivity contribution in [3.8, 4) is 0 Å². The van der Waals surface area contributed by atoms with Crippen LogP contribution < -0.4 is 34.7 Å². The first-order valence-corrected chi connectivity index (χ1v) is 8.41. The maximum Gasteiger partial charge on any atom is 1.00 e. The van der Waals surface area contributed by atoms with Gasteiger partial charge in [0.25, 0.3) is 0 Å². The summed E-state index contributed by atoms with van der Waals surface area (Å²) >= 11 is 0. The van der Waals surface area contributed by atoms with Crippen LogP contribution in [0.4, 0.5) is 0 Å². The predicted octanol–water partition coefficient (Wildman–Crippen LogP) is 2.27. The van der Waals surface area contributed by atoms with Crippen LogP contribution in [0.25, 0.3) is 0 Å². The van der Waals surface area contributed by atoms with Crippen LogP contribution in [0.2, 0.25) is 0 Å². The van der Waals surface area contributed by atoms with Gasteiger partial charge in [0.2, 0.25) is 0 Å². The number of aryl methyl sites for hydroxylation is 1. The van der Waals surface area contributed by atoms with E-state index in [1.54, 1.807) is 0 Å². The molecule has 0 saturated carbocycles. The van der Waals surface area contributed by atoms with Gasteiger partial charge in [0.15, 0.2) is 0 Å². The number of benzene rings is 1. The second kappa shape index (κ2) is 20.2. The fourth-order valence-electron chi connectivity index (χ4n) is 2.12. The van der Waals surface area contributed by atoms with Gasteiger partial charge in [-0.3, -0.25) is 0 Å². The molecule has 1 aromatic carbocycles. The molecule has 1 nitrogen and oxygen atoms in total. The van der Waals surface area contributed by atoms with Crippen LogP contribution in [0, 0.1) is 6.92 Å². The zero-order chi connectivity index (χ0) is 14.9. The molecular weight excluding hydrogens is 267 g/mol. The van der Waals surface area contributed by atoms with Crippen molar-refractivity contribution in [1.29, 1.82) is 0 Å². The summed E-state index contributed by atoms with van der Waals surface area (Å²) in [6, 6.07) is 10.3. The molecule has 0 N–H and O–H groups in total. The average molecular weight is 300 g/mol. The van der Waals surface area contributed by atoms with Crippen molar-refractivity contribution in [1.82, 2.24) is 0 Å². The summed E-state index contributed by atoms with van der Waals surface area (Å²) in [5.74, 6) is 0. The first kappa shape index (κ1) is 23.4. The van der Waals surface area contributed by atoms with Gasteiger partial charge in [0, 0.05) is 0 Å². The van der Waals surface area contributed by atoms with Crippen molar-refractivity contribution in [2.24, 2.45) is 0 Å². The van der Waals surface area contributed by atoms with Gasteiger partial charge < -0.3 is 5.11 Å². The Labute approximate surface area is 154 Å². The number of unbranched alkanes of at least 4 members (excludes halogenated alkanes) is 9. The second-order valence-electron chi connectivity index (χ2n) is 5.54. The summed E-state index contributed by atoms with van der Waals surface area (Å²) in [6.07, 6.45) is 13.0. The van der Waals surface area contributed by atoms with Gasteiger partial charge in [-0.15, -0.1) is 6.61 Å². The van der Waals surface area contributed by atoms with Crippen molar-refractivity contribution in [2.75, 3.05) is 6.61 Å². The van der Waals surface area contributed by atoms with Gasteiger partial charge in [-0.05, 0) is 6.92 Å². The summed E-state index contributed by atoms with van der Waals surface area (Å²) < 4.78 is 0. The third kappa shape index (κ3) is 20.2. The van der Waals surface area contributed by atoms with Gasteiger partial charge in [0.1, 0.15) is 0 Å². The van der Waals surface area contributed by atoms with E-state index in [9.17, 15) is 5.11 Å². The predicted molar refractivity (Wildman–Crippen MR) is 87.9 cm³/mol. The normalized spacial score (nSPS) is 9.48. The molecule has 0 fully saturated rings. The molecule has 1 rings (SSSR count). The van der Waals surface area contributed by atoms with E-state index in [4.69, 9.17) is 0 Å². The van der Waals surface area contributed by atoms with Crippen molar-refractivity contribution < 1.29 is 34.7 Å². The standard InChI is InChI=1S/C12H25O.C7H8.Na/c1-2-3-4-5-6-7-8-9-10-11-12-13;1-7-5-3-2-4-6-7;/h2-12H2,1H3;2-6H,1H3;/q-1;;+1. The van der Waals surface area contributed by atoms with Gasteiger partial charge in [0.05, 0.1) is 0 Å².